The van der Waals surface area contributed by atoms with Crippen LogP contribution in [0.1, 0.15) is 43.4 Å². The predicted octanol–water partition coefficient (Wildman–Crippen LogP) is 5.11. The minimum Gasteiger partial charge on any atom is -0.378 e. The van der Waals surface area contributed by atoms with Crippen molar-refractivity contribution in [2.24, 2.45) is 0 Å². The van der Waals surface area contributed by atoms with Gasteiger partial charge in [-0.1, -0.05) is 42.5 Å². The Morgan fingerprint density at radius 1 is 1.09 bits per heavy atom. The fourth-order valence-electron chi connectivity index (χ4n) is 4.66. The third kappa shape index (κ3) is 3.54. The van der Waals surface area contributed by atoms with E-state index < -0.39 is 0 Å². The molecule has 6 rings (SSSR count). The van der Waals surface area contributed by atoms with Crippen LogP contribution in [0.3, 0.4) is 0 Å². The molecule has 4 aromatic rings. The molecule has 1 saturated heterocycles. The Hall–Kier alpha value is -3.68. The first-order valence-electron chi connectivity index (χ1n) is 11.2. The van der Waals surface area contributed by atoms with Crippen LogP contribution in [0.4, 0.5) is 11.4 Å². The average Bonchev–Trinajstić information content (AvgIpc) is 3.38. The lowest BCUT2D eigenvalue weighted by molar-refractivity contribution is 0.0211. The van der Waals surface area contributed by atoms with E-state index in [2.05, 4.69) is 16.0 Å². The largest absolute Gasteiger partial charge is 0.378 e. The molecule has 2 aliphatic heterocycles. The van der Waals surface area contributed by atoms with Gasteiger partial charge in [-0.3, -0.25) is 9.59 Å². The number of anilines is 2. The van der Waals surface area contributed by atoms with Gasteiger partial charge in [-0.05, 0) is 36.2 Å². The fraction of sp³-hybridized carbons (Fsp3) is 0.185. The summed E-state index contributed by atoms with van der Waals surface area (Å²) in [6.45, 7) is 3.27. The standard InChI is InChI=1S/C27H23N3O3S/c1-15-6-2-3-7-18(15)25-24-20(26(31)30-25)10-16(28-17-12-33-13-17)11-22(24)29-27(32)21-14-34-23-9-5-4-8-19(21)23/h2-11,14,17,25,28H,12-13H2,1H3,(H,29,32)(H,30,31)/t25-/m0/s1. The lowest BCUT2D eigenvalue weighted by Gasteiger charge is -2.28. The van der Waals surface area contributed by atoms with Crippen molar-refractivity contribution < 1.29 is 14.3 Å². The van der Waals surface area contributed by atoms with Gasteiger partial charge >= 0.3 is 0 Å². The van der Waals surface area contributed by atoms with Crippen LogP contribution in [-0.4, -0.2) is 31.1 Å². The molecule has 0 unspecified atom stereocenters. The van der Waals surface area contributed by atoms with Crippen LogP contribution in [0.5, 0.6) is 0 Å². The molecule has 2 aliphatic rings. The highest BCUT2D eigenvalue weighted by Gasteiger charge is 2.34. The van der Waals surface area contributed by atoms with Crippen LogP contribution < -0.4 is 16.0 Å². The number of hydrogen-bond donors (Lipinski definition) is 3. The topological polar surface area (TPSA) is 79.5 Å². The van der Waals surface area contributed by atoms with E-state index in [9.17, 15) is 9.59 Å². The molecule has 1 aromatic heterocycles. The Balaban J connectivity index is 1.44. The highest BCUT2D eigenvalue weighted by atomic mass is 32.1. The van der Waals surface area contributed by atoms with Crippen molar-refractivity contribution >= 4 is 44.6 Å². The van der Waals surface area contributed by atoms with Gasteiger partial charge < -0.3 is 20.7 Å². The Labute approximate surface area is 200 Å². The molecule has 3 heterocycles. The van der Waals surface area contributed by atoms with Gasteiger partial charge in [0.25, 0.3) is 11.8 Å². The van der Waals surface area contributed by atoms with Gasteiger partial charge in [0.15, 0.2) is 0 Å². The number of benzene rings is 3. The second kappa shape index (κ2) is 8.27. The number of hydrogen-bond acceptors (Lipinski definition) is 5. The smallest absolute Gasteiger partial charge is 0.257 e. The average molecular weight is 470 g/mol. The number of amides is 2. The molecule has 6 nitrogen and oxygen atoms in total. The minimum absolute atomic E-state index is 0.145. The summed E-state index contributed by atoms with van der Waals surface area (Å²) >= 11 is 1.55. The minimum atomic E-state index is -0.334. The maximum atomic E-state index is 13.4. The maximum absolute atomic E-state index is 13.4. The number of carbonyl (C=O) groups excluding carboxylic acids is 2. The number of thiophene rings is 1. The van der Waals surface area contributed by atoms with E-state index in [1.165, 1.54) is 0 Å². The molecule has 0 spiro atoms. The van der Waals surface area contributed by atoms with Crippen molar-refractivity contribution in [1.29, 1.82) is 0 Å². The van der Waals surface area contributed by atoms with Crippen molar-refractivity contribution in [1.82, 2.24) is 5.32 Å². The first-order valence-corrected chi connectivity index (χ1v) is 12.1. The lowest BCUT2D eigenvalue weighted by atomic mass is 9.93. The van der Waals surface area contributed by atoms with Crippen LogP contribution in [0, 0.1) is 6.92 Å². The zero-order valence-electron chi connectivity index (χ0n) is 18.6. The Kier molecular flexibility index (Phi) is 5.08. The molecule has 3 N–H and O–H groups in total. The Morgan fingerprint density at radius 3 is 2.68 bits per heavy atom. The van der Waals surface area contributed by atoms with E-state index in [0.29, 0.717) is 30.0 Å². The summed E-state index contributed by atoms with van der Waals surface area (Å²) in [5, 5.41) is 12.5. The van der Waals surface area contributed by atoms with E-state index in [-0.39, 0.29) is 23.9 Å². The highest BCUT2D eigenvalue weighted by Crippen LogP contribution is 2.40. The van der Waals surface area contributed by atoms with Gasteiger partial charge in [-0.15, -0.1) is 11.3 Å². The maximum Gasteiger partial charge on any atom is 0.257 e. The number of nitrogens with one attached hydrogen (secondary N) is 3. The van der Waals surface area contributed by atoms with Crippen LogP contribution >= 0.6 is 11.3 Å². The summed E-state index contributed by atoms with van der Waals surface area (Å²) in [6.07, 6.45) is 0. The molecule has 170 valence electrons. The van der Waals surface area contributed by atoms with Crippen LogP contribution in [0.2, 0.25) is 0 Å². The number of ether oxygens (including phenoxy) is 1. The number of carbonyl (C=O) groups is 2. The van der Waals surface area contributed by atoms with Gasteiger partial charge in [-0.2, -0.15) is 0 Å². The number of aryl methyl sites for hydroxylation is 1. The molecule has 34 heavy (non-hydrogen) atoms. The fourth-order valence-corrected chi connectivity index (χ4v) is 5.60. The second-order valence-electron chi connectivity index (χ2n) is 8.73. The van der Waals surface area contributed by atoms with Crippen LogP contribution in [0.25, 0.3) is 10.1 Å². The van der Waals surface area contributed by atoms with Gasteiger partial charge in [0.1, 0.15) is 0 Å². The lowest BCUT2D eigenvalue weighted by Crippen LogP contribution is -2.40. The van der Waals surface area contributed by atoms with E-state index in [1.54, 1.807) is 11.3 Å². The quantitative estimate of drug-likeness (QED) is 0.380. The zero-order valence-corrected chi connectivity index (χ0v) is 19.4. The third-order valence-corrected chi connectivity index (χ3v) is 7.43. The molecule has 7 heteroatoms. The summed E-state index contributed by atoms with van der Waals surface area (Å²) < 4.78 is 6.35. The van der Waals surface area contributed by atoms with E-state index in [4.69, 9.17) is 4.74 Å². The summed E-state index contributed by atoms with van der Waals surface area (Å²) in [5.74, 6) is -0.333. The van der Waals surface area contributed by atoms with Crippen molar-refractivity contribution in [3.8, 4) is 0 Å². The zero-order chi connectivity index (χ0) is 23.2. The summed E-state index contributed by atoms with van der Waals surface area (Å²) in [6, 6.07) is 19.5. The van der Waals surface area contributed by atoms with Gasteiger partial charge in [-0.25, -0.2) is 0 Å². The van der Waals surface area contributed by atoms with Gasteiger partial charge in [0, 0.05) is 38.0 Å². The van der Waals surface area contributed by atoms with E-state index in [1.807, 2.05) is 73.0 Å². The molecule has 1 fully saturated rings. The van der Waals surface area contributed by atoms with Crippen molar-refractivity contribution in [3.05, 3.63) is 93.9 Å². The SMILES string of the molecule is Cc1ccccc1[C@@H]1NC(=O)c2cc(NC3COC3)cc(NC(=O)c3csc4ccccc34)c21. The molecule has 3 aromatic carbocycles. The van der Waals surface area contributed by atoms with Crippen molar-refractivity contribution in [2.45, 2.75) is 19.0 Å². The van der Waals surface area contributed by atoms with Crippen molar-refractivity contribution in [3.63, 3.8) is 0 Å². The first-order chi connectivity index (χ1) is 16.6. The van der Waals surface area contributed by atoms with Gasteiger partial charge in [0.2, 0.25) is 0 Å². The van der Waals surface area contributed by atoms with Crippen molar-refractivity contribution in [2.75, 3.05) is 23.8 Å². The van der Waals surface area contributed by atoms with E-state index >= 15 is 0 Å². The molecular formula is C27H23N3O3S. The third-order valence-electron chi connectivity index (χ3n) is 6.47. The molecular weight excluding hydrogens is 446 g/mol. The molecule has 1 atom stereocenters. The molecule has 0 aliphatic carbocycles. The molecule has 0 bridgehead atoms. The number of rotatable bonds is 5. The van der Waals surface area contributed by atoms with Crippen LogP contribution in [-0.2, 0) is 4.74 Å². The molecule has 0 radical (unpaired) electrons. The Bertz CT molecular complexity index is 1440. The van der Waals surface area contributed by atoms with Gasteiger partial charge in [0.05, 0.1) is 30.9 Å². The van der Waals surface area contributed by atoms with Crippen LogP contribution in [0.15, 0.2) is 66.0 Å². The number of fused-ring (bicyclic) bond motifs is 2. The second-order valence-corrected chi connectivity index (χ2v) is 9.64. The normalized spacial score (nSPS) is 17.2. The first kappa shape index (κ1) is 20.9. The summed E-state index contributed by atoms with van der Waals surface area (Å²) in [4.78, 5) is 26.5. The monoisotopic (exact) mass is 469 g/mol. The molecule has 2 amide bonds. The predicted molar refractivity (Wildman–Crippen MR) is 135 cm³/mol. The highest BCUT2D eigenvalue weighted by molar-refractivity contribution is 7.17. The summed E-state index contributed by atoms with van der Waals surface area (Å²) in [5.41, 5.74) is 5.51. The summed E-state index contributed by atoms with van der Waals surface area (Å²) in [7, 11) is 0. The Morgan fingerprint density at radius 2 is 1.88 bits per heavy atom. The molecule has 0 saturated carbocycles. The van der Waals surface area contributed by atoms with E-state index in [0.717, 1.165) is 32.5 Å².